The molecule has 2 saturated heterocycles. The molecule has 4 heterocycles. The Balaban J connectivity index is 1.28. The van der Waals surface area contributed by atoms with Crippen molar-refractivity contribution in [3.63, 3.8) is 0 Å². The van der Waals surface area contributed by atoms with E-state index in [1.165, 1.54) is 0 Å². The third-order valence-corrected chi connectivity index (χ3v) is 5.49. The monoisotopic (exact) mass is 334 g/mol. The van der Waals surface area contributed by atoms with Crippen molar-refractivity contribution in [1.82, 2.24) is 9.88 Å². The number of aromatic nitrogens is 1. The quantitative estimate of drug-likeness (QED) is 0.841. The van der Waals surface area contributed by atoms with Gasteiger partial charge in [0.25, 0.3) is 0 Å². The second kappa shape index (κ2) is 6.36. The van der Waals surface area contributed by atoms with Gasteiger partial charge in [0, 0.05) is 24.9 Å². The maximum atomic E-state index is 6.14. The van der Waals surface area contributed by atoms with Crippen molar-refractivity contribution >= 4 is 11.3 Å². The summed E-state index contributed by atoms with van der Waals surface area (Å²) < 4.78 is 17.6. The third-order valence-electron chi connectivity index (χ3n) is 4.66. The molecule has 0 radical (unpaired) electrons. The molecule has 0 aliphatic carbocycles. The van der Waals surface area contributed by atoms with E-state index in [1.807, 2.05) is 19.1 Å². The van der Waals surface area contributed by atoms with E-state index in [0.717, 1.165) is 48.9 Å². The fourth-order valence-electron chi connectivity index (χ4n) is 3.56. The van der Waals surface area contributed by atoms with Gasteiger partial charge in [0.05, 0.1) is 48.4 Å². The minimum absolute atomic E-state index is 0.0325. The van der Waals surface area contributed by atoms with Crippen LogP contribution in [0.3, 0.4) is 0 Å². The Hall–Kier alpha value is -1.21. The van der Waals surface area contributed by atoms with Crippen molar-refractivity contribution < 1.29 is 13.9 Å². The average Bonchev–Trinajstić information content (AvgIpc) is 3.29. The van der Waals surface area contributed by atoms with Crippen LogP contribution in [0, 0.1) is 6.92 Å². The first-order valence-electron chi connectivity index (χ1n) is 8.12. The van der Waals surface area contributed by atoms with Crippen LogP contribution < -0.4 is 0 Å². The second-order valence-electron chi connectivity index (χ2n) is 6.53. The maximum absolute atomic E-state index is 6.14. The van der Waals surface area contributed by atoms with Crippen LogP contribution in [0.15, 0.2) is 28.2 Å². The van der Waals surface area contributed by atoms with Crippen LogP contribution in [0.1, 0.15) is 29.3 Å². The second-order valence-corrected chi connectivity index (χ2v) is 7.59. The largest absolute Gasteiger partial charge is 0.468 e. The molecule has 6 heteroatoms. The van der Waals surface area contributed by atoms with Crippen molar-refractivity contribution in [3.05, 3.63) is 40.2 Å². The molecule has 2 aromatic heterocycles. The highest BCUT2D eigenvalue weighted by molar-refractivity contribution is 7.09. The third kappa shape index (κ3) is 3.50. The van der Waals surface area contributed by atoms with Gasteiger partial charge >= 0.3 is 0 Å². The fourth-order valence-corrected chi connectivity index (χ4v) is 4.15. The summed E-state index contributed by atoms with van der Waals surface area (Å²) in [6.07, 6.45) is 3.96. The van der Waals surface area contributed by atoms with Crippen molar-refractivity contribution in [2.24, 2.45) is 0 Å². The predicted octanol–water partition coefficient (Wildman–Crippen LogP) is 2.99. The zero-order valence-electron chi connectivity index (χ0n) is 13.4. The lowest BCUT2D eigenvalue weighted by atomic mass is 9.98. The first kappa shape index (κ1) is 15.3. The smallest absolute Gasteiger partial charge is 0.117 e. The zero-order valence-corrected chi connectivity index (χ0v) is 14.2. The minimum Gasteiger partial charge on any atom is -0.468 e. The lowest BCUT2D eigenvalue weighted by molar-refractivity contribution is -0.000994. The summed E-state index contributed by atoms with van der Waals surface area (Å²) in [6, 6.07) is 3.97. The summed E-state index contributed by atoms with van der Waals surface area (Å²) in [5, 5.41) is 3.16. The lowest BCUT2D eigenvalue weighted by Gasteiger charge is -2.23. The van der Waals surface area contributed by atoms with Crippen LogP contribution in [0.5, 0.6) is 0 Å². The highest BCUT2D eigenvalue weighted by Crippen LogP contribution is 2.37. The first-order valence-corrected chi connectivity index (χ1v) is 9.00. The molecule has 1 spiro atoms. The van der Waals surface area contributed by atoms with Crippen molar-refractivity contribution in [2.45, 2.75) is 44.6 Å². The molecule has 2 aliphatic heterocycles. The van der Waals surface area contributed by atoms with E-state index < -0.39 is 0 Å². The summed E-state index contributed by atoms with van der Waals surface area (Å²) in [4.78, 5) is 6.86. The zero-order chi connectivity index (χ0) is 15.7. The van der Waals surface area contributed by atoms with Gasteiger partial charge in [-0.15, -0.1) is 11.3 Å². The van der Waals surface area contributed by atoms with Gasteiger partial charge in [0.2, 0.25) is 0 Å². The number of hydrogen-bond acceptors (Lipinski definition) is 6. The molecule has 5 nitrogen and oxygen atoms in total. The maximum Gasteiger partial charge on any atom is 0.117 e. The van der Waals surface area contributed by atoms with E-state index in [1.54, 1.807) is 17.6 Å². The summed E-state index contributed by atoms with van der Waals surface area (Å²) in [6.45, 7) is 6.18. The molecule has 0 amide bonds. The molecular formula is C17H22N2O3S. The standard InChI is InChI=1S/C17H22N2O3S/c1-13-18-14(11-23-13)9-21-16-7-17(22-10-16)4-5-19(12-17)8-15-3-2-6-20-15/h2-3,6,11,16H,4-5,7-10,12H2,1H3/t16-,17-/m0/s1. The molecular weight excluding hydrogens is 312 g/mol. The summed E-state index contributed by atoms with van der Waals surface area (Å²) in [7, 11) is 0. The van der Waals surface area contributed by atoms with Crippen LogP contribution in [-0.2, 0) is 22.6 Å². The van der Waals surface area contributed by atoms with Gasteiger partial charge in [-0.3, -0.25) is 4.90 Å². The van der Waals surface area contributed by atoms with Crippen LogP contribution in [0.25, 0.3) is 0 Å². The molecule has 4 rings (SSSR count). The number of thiazole rings is 1. The van der Waals surface area contributed by atoms with E-state index in [4.69, 9.17) is 13.9 Å². The Kier molecular flexibility index (Phi) is 4.24. The molecule has 0 bridgehead atoms. The number of ether oxygens (including phenoxy) is 2. The Morgan fingerprint density at radius 3 is 3.26 bits per heavy atom. The normalized spacial score (nSPS) is 28.1. The number of rotatable bonds is 5. The SMILES string of the molecule is Cc1nc(CO[C@@H]2CO[C@@]3(CCN(Cc4ccco4)C3)C2)cs1. The van der Waals surface area contributed by atoms with Gasteiger partial charge in [-0.25, -0.2) is 4.98 Å². The molecule has 0 saturated carbocycles. The van der Waals surface area contributed by atoms with E-state index in [9.17, 15) is 0 Å². The molecule has 23 heavy (non-hydrogen) atoms. The Morgan fingerprint density at radius 2 is 2.48 bits per heavy atom. The van der Waals surface area contributed by atoms with Gasteiger partial charge in [-0.1, -0.05) is 0 Å². The van der Waals surface area contributed by atoms with Crippen LogP contribution in [0.2, 0.25) is 0 Å². The molecule has 0 unspecified atom stereocenters. The Labute approximate surface area is 140 Å². The van der Waals surface area contributed by atoms with Crippen LogP contribution >= 0.6 is 11.3 Å². The van der Waals surface area contributed by atoms with E-state index >= 15 is 0 Å². The molecule has 0 aromatic carbocycles. The summed E-state index contributed by atoms with van der Waals surface area (Å²) >= 11 is 1.67. The Bertz CT molecular complexity index is 642. The highest BCUT2D eigenvalue weighted by atomic mass is 32.1. The molecule has 0 N–H and O–H groups in total. The molecule has 2 aliphatic rings. The lowest BCUT2D eigenvalue weighted by Crippen LogP contribution is -2.32. The fraction of sp³-hybridized carbons (Fsp3) is 0.588. The van der Waals surface area contributed by atoms with Gasteiger partial charge < -0.3 is 13.9 Å². The van der Waals surface area contributed by atoms with Crippen molar-refractivity contribution in [1.29, 1.82) is 0 Å². The number of furan rings is 1. The molecule has 2 aromatic rings. The van der Waals surface area contributed by atoms with Gasteiger partial charge in [-0.2, -0.15) is 0 Å². The van der Waals surface area contributed by atoms with Crippen molar-refractivity contribution in [3.8, 4) is 0 Å². The number of nitrogens with zero attached hydrogens (tertiary/aromatic N) is 2. The van der Waals surface area contributed by atoms with E-state index in [2.05, 4.69) is 15.3 Å². The summed E-state index contributed by atoms with van der Waals surface area (Å²) in [5.74, 6) is 1.02. The van der Waals surface area contributed by atoms with Crippen molar-refractivity contribution in [2.75, 3.05) is 19.7 Å². The molecule has 2 atom stereocenters. The van der Waals surface area contributed by atoms with Gasteiger partial charge in [0.1, 0.15) is 5.76 Å². The average molecular weight is 334 g/mol. The number of hydrogen-bond donors (Lipinski definition) is 0. The minimum atomic E-state index is -0.0325. The van der Waals surface area contributed by atoms with Gasteiger partial charge in [0.15, 0.2) is 0 Å². The van der Waals surface area contributed by atoms with Crippen LogP contribution in [-0.4, -0.2) is 41.3 Å². The number of aryl methyl sites for hydroxylation is 1. The van der Waals surface area contributed by atoms with Crippen LogP contribution in [0.4, 0.5) is 0 Å². The van der Waals surface area contributed by atoms with E-state index in [0.29, 0.717) is 13.2 Å². The number of likely N-dealkylation sites (tertiary alicyclic amines) is 1. The Morgan fingerprint density at radius 1 is 1.52 bits per heavy atom. The first-order chi connectivity index (χ1) is 11.2. The molecule has 2 fully saturated rings. The van der Waals surface area contributed by atoms with E-state index in [-0.39, 0.29) is 11.7 Å². The summed E-state index contributed by atoms with van der Waals surface area (Å²) in [5.41, 5.74) is 0.995. The van der Waals surface area contributed by atoms with Gasteiger partial charge in [-0.05, 0) is 25.5 Å². The highest BCUT2D eigenvalue weighted by Gasteiger charge is 2.45. The predicted molar refractivity (Wildman–Crippen MR) is 87.3 cm³/mol. The topological polar surface area (TPSA) is 47.7 Å². The molecule has 124 valence electrons.